The van der Waals surface area contributed by atoms with Crippen LogP contribution in [0.15, 0.2) is 35.4 Å². The summed E-state index contributed by atoms with van der Waals surface area (Å²) in [5, 5.41) is 23.3. The van der Waals surface area contributed by atoms with Gasteiger partial charge in [-0.25, -0.2) is 4.98 Å². The fourth-order valence-corrected chi connectivity index (χ4v) is 6.46. The van der Waals surface area contributed by atoms with E-state index in [1.54, 1.807) is 36.5 Å². The number of hydrogen-bond acceptors (Lipinski definition) is 8. The maximum absolute atomic E-state index is 13.7. The molecular weight excluding hydrogens is 514 g/mol. The van der Waals surface area contributed by atoms with Crippen LogP contribution in [0.5, 0.6) is 0 Å². The number of rotatable bonds is 6. The Labute approximate surface area is 230 Å². The van der Waals surface area contributed by atoms with Gasteiger partial charge in [-0.15, -0.1) is 10.2 Å². The first-order chi connectivity index (χ1) is 18.7. The third-order valence-electron chi connectivity index (χ3n) is 7.58. The summed E-state index contributed by atoms with van der Waals surface area (Å²) >= 11 is 1.40. The zero-order valence-corrected chi connectivity index (χ0v) is 23.3. The van der Waals surface area contributed by atoms with E-state index in [9.17, 15) is 14.7 Å². The Bertz CT molecular complexity index is 1670. The van der Waals surface area contributed by atoms with Crippen molar-refractivity contribution in [3.8, 4) is 11.1 Å². The van der Waals surface area contributed by atoms with Crippen LogP contribution in [0.3, 0.4) is 0 Å². The number of pyridine rings is 2. The number of fused-ring (bicyclic) bond motifs is 3. The standard InChI is InChI=1S/C28H31N7O3S/c1-5-23-31-32-27(39-23)30-20-10-17(14-33(4)25(20)37)18-6-7-29-24(19(18)15-36)35-9-8-34-21(26(35)38)11-16-12-28(2,3)13-22(16)34/h6-7,10-11,14,36H,5,8-9,12-13,15H2,1-4H3,(H,30,32). The van der Waals surface area contributed by atoms with Gasteiger partial charge in [0.2, 0.25) is 5.13 Å². The molecule has 202 valence electrons. The van der Waals surface area contributed by atoms with Crippen molar-refractivity contribution in [1.29, 1.82) is 0 Å². The van der Waals surface area contributed by atoms with Gasteiger partial charge in [0.1, 0.15) is 22.2 Å². The highest BCUT2D eigenvalue weighted by Gasteiger charge is 2.37. The largest absolute Gasteiger partial charge is 0.392 e. The summed E-state index contributed by atoms with van der Waals surface area (Å²) in [7, 11) is 1.68. The van der Waals surface area contributed by atoms with E-state index < -0.39 is 0 Å². The molecule has 5 heterocycles. The number of carbonyl (C=O) groups is 1. The monoisotopic (exact) mass is 545 g/mol. The van der Waals surface area contributed by atoms with E-state index in [2.05, 4.69) is 38.9 Å². The number of amides is 1. The molecule has 1 aliphatic carbocycles. The van der Waals surface area contributed by atoms with Crippen molar-refractivity contribution >= 4 is 33.9 Å². The molecule has 0 atom stereocenters. The number of aromatic nitrogens is 5. The summed E-state index contributed by atoms with van der Waals surface area (Å²) in [6.45, 7) is 7.36. The van der Waals surface area contributed by atoms with Gasteiger partial charge in [-0.3, -0.25) is 14.5 Å². The van der Waals surface area contributed by atoms with Gasteiger partial charge < -0.3 is 19.6 Å². The minimum atomic E-state index is -0.310. The van der Waals surface area contributed by atoms with Gasteiger partial charge in [-0.1, -0.05) is 32.1 Å². The van der Waals surface area contributed by atoms with Crippen LogP contribution < -0.4 is 15.8 Å². The van der Waals surface area contributed by atoms with Crippen molar-refractivity contribution in [2.75, 3.05) is 16.8 Å². The molecule has 11 heteroatoms. The van der Waals surface area contributed by atoms with Crippen molar-refractivity contribution in [3.05, 3.63) is 68.5 Å². The minimum absolute atomic E-state index is 0.112. The molecule has 0 bridgehead atoms. The van der Waals surface area contributed by atoms with Crippen LogP contribution in [0, 0.1) is 5.41 Å². The minimum Gasteiger partial charge on any atom is -0.392 e. The Balaban J connectivity index is 1.37. The number of nitrogens with zero attached hydrogens (tertiary/aromatic N) is 6. The second-order valence-electron chi connectivity index (χ2n) is 11.0. The Kier molecular flexibility index (Phi) is 6.15. The molecule has 39 heavy (non-hydrogen) atoms. The van der Waals surface area contributed by atoms with E-state index in [-0.39, 0.29) is 23.5 Å². The maximum atomic E-state index is 13.7. The SMILES string of the molecule is CCc1nnc(Nc2cc(-c3ccnc(N4CCn5c(cc6c5CC(C)(C)C6)C4=O)c3CO)cn(C)c2=O)s1. The van der Waals surface area contributed by atoms with E-state index in [1.807, 2.05) is 13.0 Å². The van der Waals surface area contributed by atoms with Gasteiger partial charge in [0.05, 0.1) is 6.61 Å². The first-order valence-electron chi connectivity index (χ1n) is 13.1. The van der Waals surface area contributed by atoms with Crippen LogP contribution in [0.1, 0.15) is 53.1 Å². The molecule has 4 aromatic heterocycles. The average molecular weight is 546 g/mol. The lowest BCUT2D eigenvalue weighted by Crippen LogP contribution is -2.41. The smallest absolute Gasteiger partial charge is 0.276 e. The summed E-state index contributed by atoms with van der Waals surface area (Å²) in [5.74, 6) is 0.326. The first-order valence-corrected chi connectivity index (χ1v) is 13.9. The lowest BCUT2D eigenvalue weighted by molar-refractivity contribution is 0.0962. The molecule has 0 spiro atoms. The number of aryl methyl sites for hydroxylation is 2. The normalized spacial score (nSPS) is 15.9. The Morgan fingerprint density at radius 1 is 1.15 bits per heavy atom. The zero-order valence-electron chi connectivity index (χ0n) is 22.5. The van der Waals surface area contributed by atoms with Crippen LogP contribution >= 0.6 is 11.3 Å². The summed E-state index contributed by atoms with van der Waals surface area (Å²) in [5.41, 5.74) is 5.48. The third kappa shape index (κ3) is 4.35. The molecule has 0 saturated heterocycles. The van der Waals surface area contributed by atoms with E-state index in [0.29, 0.717) is 52.1 Å². The molecule has 6 rings (SSSR count). The summed E-state index contributed by atoms with van der Waals surface area (Å²) < 4.78 is 3.65. The van der Waals surface area contributed by atoms with Crippen molar-refractivity contribution in [3.63, 3.8) is 0 Å². The first kappa shape index (κ1) is 25.4. The number of aliphatic hydroxyl groups is 1. The van der Waals surface area contributed by atoms with Crippen molar-refractivity contribution in [2.45, 2.75) is 53.2 Å². The predicted molar refractivity (Wildman–Crippen MR) is 151 cm³/mol. The summed E-state index contributed by atoms with van der Waals surface area (Å²) in [6.07, 6.45) is 6.05. The number of aliphatic hydroxyl groups excluding tert-OH is 1. The Hall–Kier alpha value is -3.83. The molecule has 2 aliphatic rings. The lowest BCUT2D eigenvalue weighted by Gasteiger charge is -2.31. The number of anilines is 3. The van der Waals surface area contributed by atoms with Gasteiger partial charge in [-0.05, 0) is 54.0 Å². The van der Waals surface area contributed by atoms with Crippen molar-refractivity contribution in [1.82, 2.24) is 24.3 Å². The topological polar surface area (TPSA) is 118 Å². The molecule has 0 aromatic carbocycles. The molecular formula is C28H31N7O3S. The molecule has 1 aliphatic heterocycles. The van der Waals surface area contributed by atoms with E-state index in [1.165, 1.54) is 27.2 Å². The number of hydrogen-bond donors (Lipinski definition) is 2. The highest BCUT2D eigenvalue weighted by Crippen LogP contribution is 2.40. The van der Waals surface area contributed by atoms with Gasteiger partial charge in [0, 0.05) is 49.4 Å². The predicted octanol–water partition coefficient (Wildman–Crippen LogP) is 3.68. The fourth-order valence-electron chi connectivity index (χ4n) is 5.76. The number of nitrogens with one attached hydrogen (secondary N) is 1. The number of carbonyl (C=O) groups excluding carboxylic acids is 1. The van der Waals surface area contributed by atoms with Crippen LogP contribution in [0.2, 0.25) is 0 Å². The lowest BCUT2D eigenvalue weighted by atomic mass is 9.90. The molecule has 0 fully saturated rings. The van der Waals surface area contributed by atoms with Gasteiger partial charge in [0.25, 0.3) is 11.5 Å². The molecule has 0 unspecified atom stereocenters. The maximum Gasteiger partial charge on any atom is 0.276 e. The Morgan fingerprint density at radius 2 is 1.97 bits per heavy atom. The van der Waals surface area contributed by atoms with Crippen LogP contribution in [-0.2, 0) is 39.5 Å². The van der Waals surface area contributed by atoms with Crippen molar-refractivity contribution in [2.24, 2.45) is 12.5 Å². The van der Waals surface area contributed by atoms with Crippen LogP contribution in [0.4, 0.5) is 16.6 Å². The molecule has 4 aromatic rings. The Morgan fingerprint density at radius 3 is 2.72 bits per heavy atom. The quantitative estimate of drug-likeness (QED) is 0.379. The average Bonchev–Trinajstić information content (AvgIpc) is 3.59. The zero-order chi connectivity index (χ0) is 27.5. The molecule has 10 nitrogen and oxygen atoms in total. The van der Waals surface area contributed by atoms with E-state index >= 15 is 0 Å². The van der Waals surface area contributed by atoms with Crippen molar-refractivity contribution < 1.29 is 9.90 Å². The van der Waals surface area contributed by atoms with E-state index in [0.717, 1.165) is 24.3 Å². The van der Waals surface area contributed by atoms with Gasteiger partial charge in [-0.2, -0.15) is 0 Å². The van der Waals surface area contributed by atoms with E-state index in [4.69, 9.17) is 0 Å². The van der Waals surface area contributed by atoms with Gasteiger partial charge >= 0.3 is 0 Å². The second-order valence-corrected chi connectivity index (χ2v) is 12.0. The fraction of sp³-hybridized carbons (Fsp3) is 0.393. The highest BCUT2D eigenvalue weighted by atomic mass is 32.1. The molecule has 1 amide bonds. The molecule has 0 radical (unpaired) electrons. The molecule has 2 N–H and O–H groups in total. The van der Waals surface area contributed by atoms with Gasteiger partial charge in [0.15, 0.2) is 0 Å². The highest BCUT2D eigenvalue weighted by molar-refractivity contribution is 7.15. The third-order valence-corrected chi connectivity index (χ3v) is 8.56. The summed E-state index contributed by atoms with van der Waals surface area (Å²) in [4.78, 5) is 32.8. The van der Waals surface area contributed by atoms with Crippen LogP contribution in [0.25, 0.3) is 11.1 Å². The second kappa shape index (κ2) is 9.42. The van der Waals surface area contributed by atoms with Crippen LogP contribution in [-0.4, -0.2) is 41.9 Å². The molecule has 0 saturated carbocycles. The summed E-state index contributed by atoms with van der Waals surface area (Å²) in [6, 6.07) is 5.57.